The lowest BCUT2D eigenvalue weighted by Gasteiger charge is -2.38. The van der Waals surface area contributed by atoms with Crippen molar-refractivity contribution in [3.05, 3.63) is 89.0 Å². The molecular weight excluding hydrogens is 478 g/mol. The molecule has 0 radical (unpaired) electrons. The number of carbonyl (C=O) groups is 2. The molecule has 3 heterocycles. The van der Waals surface area contributed by atoms with Gasteiger partial charge in [-0.1, -0.05) is 48.0 Å². The molecule has 2 atom stereocenters. The van der Waals surface area contributed by atoms with Gasteiger partial charge in [-0.2, -0.15) is 0 Å². The van der Waals surface area contributed by atoms with E-state index in [4.69, 9.17) is 9.47 Å². The van der Waals surface area contributed by atoms with Crippen molar-refractivity contribution >= 4 is 17.5 Å². The summed E-state index contributed by atoms with van der Waals surface area (Å²) in [5, 5.41) is 0. The van der Waals surface area contributed by atoms with Gasteiger partial charge in [-0.05, 0) is 49.2 Å². The van der Waals surface area contributed by atoms with Gasteiger partial charge in [-0.25, -0.2) is 0 Å². The van der Waals surface area contributed by atoms with E-state index in [0.29, 0.717) is 43.2 Å². The molecule has 0 aromatic heterocycles. The molecule has 3 aromatic carbocycles. The Morgan fingerprint density at radius 3 is 2.29 bits per heavy atom. The highest BCUT2D eigenvalue weighted by atomic mass is 16.7. The van der Waals surface area contributed by atoms with E-state index in [-0.39, 0.29) is 30.4 Å². The maximum Gasteiger partial charge on any atom is 0.254 e. The van der Waals surface area contributed by atoms with E-state index in [1.807, 2.05) is 9.80 Å². The first kappa shape index (κ1) is 24.3. The minimum Gasteiger partial charge on any atom is -0.454 e. The van der Waals surface area contributed by atoms with Crippen LogP contribution in [0.3, 0.4) is 0 Å². The quantitative estimate of drug-likeness (QED) is 0.525. The van der Waals surface area contributed by atoms with Gasteiger partial charge in [0.25, 0.3) is 5.91 Å². The second-order valence-corrected chi connectivity index (χ2v) is 10.5. The van der Waals surface area contributed by atoms with Crippen molar-refractivity contribution in [1.82, 2.24) is 9.80 Å². The maximum atomic E-state index is 14.0. The Balaban J connectivity index is 1.21. The molecule has 0 aliphatic carbocycles. The molecule has 0 saturated carbocycles. The number of fused-ring (bicyclic) bond motifs is 1. The van der Waals surface area contributed by atoms with Crippen LogP contribution in [0.25, 0.3) is 0 Å². The third-order valence-corrected chi connectivity index (χ3v) is 8.10. The zero-order valence-corrected chi connectivity index (χ0v) is 21.9. The Kier molecular flexibility index (Phi) is 6.44. The number of ether oxygens (including phenoxy) is 2. The standard InChI is InChI=1S/C31H33N3O4/c1-21-7-9-23(10-8-21)25-18-34(30(35)24-11-12-28-29(17-24)38-20-37-28)19-26(25)31(36)33-15-13-32(14-16-33)27-6-4-3-5-22(27)2/h3-12,17,25-26H,13-16,18-20H2,1-2H3. The summed E-state index contributed by atoms with van der Waals surface area (Å²) >= 11 is 0. The van der Waals surface area contributed by atoms with Crippen molar-refractivity contribution in [2.24, 2.45) is 5.92 Å². The highest BCUT2D eigenvalue weighted by Gasteiger charge is 2.43. The van der Waals surface area contributed by atoms with Gasteiger partial charge in [0.2, 0.25) is 12.7 Å². The molecule has 196 valence electrons. The Labute approximate surface area is 223 Å². The molecule has 2 saturated heterocycles. The van der Waals surface area contributed by atoms with Crippen LogP contribution in [0.15, 0.2) is 66.7 Å². The lowest BCUT2D eigenvalue weighted by Crippen LogP contribution is -2.51. The van der Waals surface area contributed by atoms with Gasteiger partial charge in [-0.15, -0.1) is 0 Å². The Bertz CT molecular complexity index is 1350. The van der Waals surface area contributed by atoms with Crippen molar-refractivity contribution < 1.29 is 19.1 Å². The average Bonchev–Trinajstić information content (AvgIpc) is 3.60. The third-order valence-electron chi connectivity index (χ3n) is 8.10. The fourth-order valence-corrected chi connectivity index (χ4v) is 5.90. The molecule has 3 aliphatic heterocycles. The van der Waals surface area contributed by atoms with Gasteiger partial charge in [-0.3, -0.25) is 9.59 Å². The largest absolute Gasteiger partial charge is 0.454 e. The monoisotopic (exact) mass is 511 g/mol. The van der Waals surface area contributed by atoms with E-state index in [1.54, 1.807) is 18.2 Å². The van der Waals surface area contributed by atoms with E-state index in [1.165, 1.54) is 16.8 Å². The number of anilines is 1. The summed E-state index contributed by atoms with van der Waals surface area (Å²) < 4.78 is 10.9. The van der Waals surface area contributed by atoms with E-state index in [9.17, 15) is 9.59 Å². The number of benzene rings is 3. The summed E-state index contributed by atoms with van der Waals surface area (Å²) in [7, 11) is 0. The fourth-order valence-electron chi connectivity index (χ4n) is 5.90. The minimum atomic E-state index is -0.277. The van der Waals surface area contributed by atoms with Crippen LogP contribution in [0.5, 0.6) is 11.5 Å². The van der Waals surface area contributed by atoms with Crippen molar-refractivity contribution in [3.63, 3.8) is 0 Å². The number of carbonyl (C=O) groups excluding carboxylic acids is 2. The van der Waals surface area contributed by atoms with Crippen LogP contribution in [-0.2, 0) is 4.79 Å². The van der Waals surface area contributed by atoms with Crippen LogP contribution in [0.2, 0.25) is 0 Å². The van der Waals surface area contributed by atoms with E-state index >= 15 is 0 Å². The third kappa shape index (κ3) is 4.57. The Morgan fingerprint density at radius 1 is 0.789 bits per heavy atom. The molecule has 7 nitrogen and oxygen atoms in total. The lowest BCUT2D eigenvalue weighted by atomic mass is 9.87. The smallest absolute Gasteiger partial charge is 0.254 e. The predicted octanol–water partition coefficient (Wildman–Crippen LogP) is 4.24. The van der Waals surface area contributed by atoms with Gasteiger partial charge in [0.15, 0.2) is 11.5 Å². The molecule has 7 heteroatoms. The van der Waals surface area contributed by atoms with E-state index < -0.39 is 0 Å². The van der Waals surface area contributed by atoms with Gasteiger partial charge < -0.3 is 24.2 Å². The second-order valence-electron chi connectivity index (χ2n) is 10.5. The fraction of sp³-hybridized carbons (Fsp3) is 0.355. The van der Waals surface area contributed by atoms with E-state index in [2.05, 4.69) is 67.3 Å². The Morgan fingerprint density at radius 2 is 1.53 bits per heavy atom. The average molecular weight is 512 g/mol. The minimum absolute atomic E-state index is 0.0459. The number of likely N-dealkylation sites (tertiary alicyclic amines) is 1. The van der Waals surface area contributed by atoms with Gasteiger partial charge >= 0.3 is 0 Å². The number of aryl methyl sites for hydroxylation is 2. The van der Waals surface area contributed by atoms with Crippen molar-refractivity contribution in [2.75, 3.05) is 51.0 Å². The first-order valence-corrected chi connectivity index (χ1v) is 13.3. The lowest BCUT2D eigenvalue weighted by molar-refractivity contribution is -0.135. The number of hydrogen-bond donors (Lipinski definition) is 0. The van der Waals surface area contributed by atoms with Crippen LogP contribution in [0.1, 0.15) is 33.0 Å². The molecule has 2 amide bonds. The maximum absolute atomic E-state index is 14.0. The van der Waals surface area contributed by atoms with Crippen molar-refractivity contribution in [2.45, 2.75) is 19.8 Å². The number of nitrogens with zero attached hydrogens (tertiary/aromatic N) is 3. The summed E-state index contributed by atoms with van der Waals surface area (Å²) in [5.74, 6) is 0.972. The SMILES string of the molecule is Cc1ccc(C2CN(C(=O)c3ccc4c(c3)OCO4)CC2C(=O)N2CCN(c3ccccc3C)CC2)cc1. The van der Waals surface area contributed by atoms with Gasteiger partial charge in [0.05, 0.1) is 5.92 Å². The molecule has 0 N–H and O–H groups in total. The van der Waals surface area contributed by atoms with Crippen LogP contribution in [0, 0.1) is 19.8 Å². The summed E-state index contributed by atoms with van der Waals surface area (Å²) in [5.41, 5.74) is 5.32. The van der Waals surface area contributed by atoms with Crippen molar-refractivity contribution in [1.29, 1.82) is 0 Å². The van der Waals surface area contributed by atoms with Crippen molar-refractivity contribution in [3.8, 4) is 11.5 Å². The number of amides is 2. The first-order chi connectivity index (χ1) is 18.5. The second kappa shape index (κ2) is 10.0. The normalized spacial score (nSPS) is 20.6. The summed E-state index contributed by atoms with van der Waals surface area (Å²) in [4.78, 5) is 33.7. The molecule has 3 aromatic rings. The zero-order chi connectivity index (χ0) is 26.2. The highest BCUT2D eigenvalue weighted by molar-refractivity contribution is 5.96. The number of rotatable bonds is 4. The highest BCUT2D eigenvalue weighted by Crippen LogP contribution is 2.37. The molecule has 38 heavy (non-hydrogen) atoms. The molecule has 0 bridgehead atoms. The van der Waals surface area contributed by atoms with Gasteiger partial charge in [0.1, 0.15) is 0 Å². The van der Waals surface area contributed by atoms with Crippen LogP contribution < -0.4 is 14.4 Å². The van der Waals surface area contributed by atoms with Crippen LogP contribution in [-0.4, -0.2) is 67.7 Å². The molecule has 2 fully saturated rings. The van der Waals surface area contributed by atoms with E-state index in [0.717, 1.165) is 18.7 Å². The summed E-state index contributed by atoms with van der Waals surface area (Å²) in [6.07, 6.45) is 0. The number of hydrogen-bond acceptors (Lipinski definition) is 5. The molecule has 6 rings (SSSR count). The number of piperazine rings is 1. The molecule has 0 spiro atoms. The van der Waals surface area contributed by atoms with Crippen LogP contribution >= 0.6 is 0 Å². The molecule has 3 aliphatic rings. The number of para-hydroxylation sites is 1. The summed E-state index contributed by atoms with van der Waals surface area (Å²) in [6.45, 7) is 8.24. The predicted molar refractivity (Wildman–Crippen MR) is 146 cm³/mol. The molecule has 2 unspecified atom stereocenters. The topological polar surface area (TPSA) is 62.3 Å². The molecular formula is C31H33N3O4. The summed E-state index contributed by atoms with van der Waals surface area (Å²) in [6, 6.07) is 22.1. The van der Waals surface area contributed by atoms with Gasteiger partial charge in [0, 0.05) is 56.4 Å². The van der Waals surface area contributed by atoms with Crippen LogP contribution in [0.4, 0.5) is 5.69 Å². The first-order valence-electron chi connectivity index (χ1n) is 13.3. The zero-order valence-electron chi connectivity index (χ0n) is 21.9. The Hall–Kier alpha value is -4.00.